The Morgan fingerprint density at radius 3 is 2.22 bits per heavy atom. The minimum atomic E-state index is -3.54. The van der Waals surface area contributed by atoms with Gasteiger partial charge in [0.05, 0.1) is 4.90 Å². The van der Waals surface area contributed by atoms with Crippen molar-refractivity contribution in [2.24, 2.45) is 5.92 Å². The van der Waals surface area contributed by atoms with Gasteiger partial charge in [-0.3, -0.25) is 14.9 Å². The van der Waals surface area contributed by atoms with Crippen LogP contribution in [-0.2, 0) is 20.4 Å². The molecule has 3 rings (SSSR count). The van der Waals surface area contributed by atoms with Crippen molar-refractivity contribution in [2.45, 2.75) is 37.3 Å². The molecule has 0 unspecified atom stereocenters. The molecule has 1 aromatic heterocycles. The number of carbonyl (C=O) groups excluding carboxylic acids is 2. The third-order valence-electron chi connectivity index (χ3n) is 4.87. The molecule has 0 radical (unpaired) electrons. The molecule has 3 aromatic rings. The van der Waals surface area contributed by atoms with E-state index in [-0.39, 0.29) is 32.6 Å². The summed E-state index contributed by atoms with van der Waals surface area (Å²) in [6, 6.07) is 14.6. The van der Waals surface area contributed by atoms with E-state index in [1.807, 2.05) is 13.8 Å². The minimum absolute atomic E-state index is 0.0426. The second-order valence-corrected chi connectivity index (χ2v) is 10.2. The second kappa shape index (κ2) is 10.5. The number of amides is 2. The predicted octanol–water partition coefficient (Wildman–Crippen LogP) is 4.14. The van der Waals surface area contributed by atoms with Gasteiger partial charge in [0.25, 0.3) is 5.91 Å². The van der Waals surface area contributed by atoms with Gasteiger partial charge in [-0.05, 0) is 49.2 Å². The normalized spacial score (nSPS) is 11.3. The lowest BCUT2D eigenvalue weighted by Gasteiger charge is -2.12. The first-order chi connectivity index (χ1) is 15.3. The smallest absolute Gasteiger partial charge is 0.257 e. The van der Waals surface area contributed by atoms with Crippen LogP contribution < -0.4 is 10.6 Å². The molecule has 0 aliphatic carbocycles. The molecule has 0 saturated heterocycles. The third-order valence-corrected chi connectivity index (χ3v) is 7.54. The molecule has 0 spiro atoms. The number of aromatic nitrogens is 2. The number of sulfone groups is 1. The second-order valence-electron chi connectivity index (χ2n) is 7.11. The Morgan fingerprint density at radius 1 is 0.938 bits per heavy atom. The van der Waals surface area contributed by atoms with E-state index in [0.717, 1.165) is 24.2 Å². The highest BCUT2D eigenvalue weighted by molar-refractivity contribution is 7.90. The van der Waals surface area contributed by atoms with Crippen LogP contribution in [0.4, 0.5) is 10.8 Å². The highest BCUT2D eigenvalue weighted by Crippen LogP contribution is 2.22. The summed E-state index contributed by atoms with van der Waals surface area (Å²) in [6.45, 7) is 3.94. The Morgan fingerprint density at radius 2 is 1.59 bits per heavy atom. The van der Waals surface area contributed by atoms with Gasteiger partial charge in [-0.25, -0.2) is 8.42 Å². The van der Waals surface area contributed by atoms with Gasteiger partial charge in [0.2, 0.25) is 11.0 Å². The molecule has 8 nitrogen and oxygen atoms in total. The zero-order valence-corrected chi connectivity index (χ0v) is 19.4. The van der Waals surface area contributed by atoms with Crippen LogP contribution in [0.5, 0.6) is 0 Å². The van der Waals surface area contributed by atoms with Gasteiger partial charge >= 0.3 is 0 Å². The molecule has 0 fully saturated rings. The summed E-state index contributed by atoms with van der Waals surface area (Å²) in [5.74, 6) is -0.791. The van der Waals surface area contributed by atoms with E-state index >= 15 is 0 Å². The number of rotatable bonds is 9. The van der Waals surface area contributed by atoms with Crippen molar-refractivity contribution in [1.29, 1.82) is 0 Å². The van der Waals surface area contributed by atoms with Crippen LogP contribution in [0.2, 0.25) is 0 Å². The standard InChI is InChI=1S/C22H24N4O4S2/c1-3-15(4-2)20(27)23-17-12-10-16(11-13-17)21(28)24-22-26-25-19(31-22)14-32(29,30)18-8-6-5-7-9-18/h5-13,15H,3-4,14H2,1-2H3,(H,23,27)(H,24,26,28). The number of nitrogens with zero attached hydrogens (tertiary/aromatic N) is 2. The number of hydrogen-bond donors (Lipinski definition) is 2. The summed E-state index contributed by atoms with van der Waals surface area (Å²) in [5.41, 5.74) is 0.988. The number of carbonyl (C=O) groups is 2. The predicted molar refractivity (Wildman–Crippen MR) is 124 cm³/mol. The molecule has 0 aliphatic rings. The van der Waals surface area contributed by atoms with Gasteiger partial charge in [-0.15, -0.1) is 10.2 Å². The van der Waals surface area contributed by atoms with Crippen molar-refractivity contribution in [1.82, 2.24) is 10.2 Å². The number of anilines is 2. The Balaban J connectivity index is 1.61. The average molecular weight is 473 g/mol. The van der Waals surface area contributed by atoms with E-state index in [9.17, 15) is 18.0 Å². The zero-order valence-electron chi connectivity index (χ0n) is 17.7. The van der Waals surface area contributed by atoms with Crippen LogP contribution in [0.3, 0.4) is 0 Å². The van der Waals surface area contributed by atoms with Crippen molar-refractivity contribution in [3.05, 3.63) is 65.2 Å². The fourth-order valence-corrected chi connectivity index (χ4v) is 5.37. The molecule has 2 amide bonds. The van der Waals surface area contributed by atoms with Gasteiger partial charge in [0, 0.05) is 17.2 Å². The van der Waals surface area contributed by atoms with Crippen LogP contribution >= 0.6 is 11.3 Å². The van der Waals surface area contributed by atoms with Crippen LogP contribution in [0.25, 0.3) is 0 Å². The summed E-state index contributed by atoms with van der Waals surface area (Å²) in [4.78, 5) is 24.9. The fraction of sp³-hybridized carbons (Fsp3) is 0.273. The van der Waals surface area contributed by atoms with Crippen molar-refractivity contribution in [3.8, 4) is 0 Å². The van der Waals surface area contributed by atoms with Gasteiger partial charge in [-0.1, -0.05) is 43.4 Å². The lowest BCUT2D eigenvalue weighted by molar-refractivity contribution is -0.120. The molecule has 10 heteroatoms. The van der Waals surface area contributed by atoms with Crippen molar-refractivity contribution >= 4 is 43.8 Å². The maximum atomic E-state index is 12.5. The van der Waals surface area contributed by atoms with Gasteiger partial charge in [0.1, 0.15) is 10.8 Å². The highest BCUT2D eigenvalue weighted by atomic mass is 32.2. The lowest BCUT2D eigenvalue weighted by atomic mass is 10.0. The SMILES string of the molecule is CCC(CC)C(=O)Nc1ccc(C(=O)Nc2nnc(CS(=O)(=O)c3ccccc3)s2)cc1. The molecule has 168 valence electrons. The number of hydrogen-bond acceptors (Lipinski definition) is 7. The third kappa shape index (κ3) is 5.98. The van der Waals surface area contributed by atoms with E-state index in [1.54, 1.807) is 42.5 Å². The van der Waals surface area contributed by atoms with E-state index in [4.69, 9.17) is 0 Å². The maximum Gasteiger partial charge on any atom is 0.257 e. The molecule has 0 atom stereocenters. The van der Waals surface area contributed by atoms with E-state index < -0.39 is 15.7 Å². The summed E-state index contributed by atoms with van der Waals surface area (Å²) in [7, 11) is -3.54. The first kappa shape index (κ1) is 23.6. The summed E-state index contributed by atoms with van der Waals surface area (Å²) >= 11 is 1.01. The van der Waals surface area contributed by atoms with Crippen molar-refractivity contribution in [3.63, 3.8) is 0 Å². The number of nitrogens with one attached hydrogen (secondary N) is 2. The fourth-order valence-electron chi connectivity index (χ4n) is 3.01. The Labute approximate surface area is 191 Å². The molecule has 2 aromatic carbocycles. The number of benzene rings is 2. The van der Waals surface area contributed by atoms with E-state index in [2.05, 4.69) is 20.8 Å². The first-order valence-electron chi connectivity index (χ1n) is 10.1. The zero-order chi connectivity index (χ0) is 23.1. The molecular formula is C22H24N4O4S2. The van der Waals surface area contributed by atoms with Gasteiger partial charge in [0.15, 0.2) is 9.84 Å². The van der Waals surface area contributed by atoms with Crippen molar-refractivity contribution < 1.29 is 18.0 Å². The summed E-state index contributed by atoms with van der Waals surface area (Å²) in [5, 5.41) is 13.7. The first-order valence-corrected chi connectivity index (χ1v) is 12.6. The average Bonchev–Trinajstić information content (AvgIpc) is 3.21. The van der Waals surface area contributed by atoms with Crippen LogP contribution in [0, 0.1) is 5.92 Å². The molecular weight excluding hydrogens is 448 g/mol. The molecule has 32 heavy (non-hydrogen) atoms. The Hall–Kier alpha value is -3.11. The van der Waals surface area contributed by atoms with Gasteiger partial charge < -0.3 is 5.32 Å². The lowest BCUT2D eigenvalue weighted by Crippen LogP contribution is -2.21. The largest absolute Gasteiger partial charge is 0.326 e. The van der Waals surface area contributed by atoms with Crippen LogP contribution in [-0.4, -0.2) is 30.4 Å². The topological polar surface area (TPSA) is 118 Å². The maximum absolute atomic E-state index is 12.5. The van der Waals surface area contributed by atoms with E-state index in [0.29, 0.717) is 11.3 Å². The van der Waals surface area contributed by atoms with Gasteiger partial charge in [-0.2, -0.15) is 0 Å². The molecule has 0 aliphatic heterocycles. The molecule has 1 heterocycles. The Kier molecular flexibility index (Phi) is 7.70. The summed E-state index contributed by atoms with van der Waals surface area (Å²) < 4.78 is 24.9. The quantitative estimate of drug-likeness (QED) is 0.483. The molecule has 0 saturated carbocycles. The highest BCUT2D eigenvalue weighted by Gasteiger charge is 2.19. The van der Waals surface area contributed by atoms with Crippen LogP contribution in [0.15, 0.2) is 59.5 Å². The van der Waals surface area contributed by atoms with Crippen LogP contribution in [0.1, 0.15) is 42.1 Å². The molecule has 2 N–H and O–H groups in total. The monoisotopic (exact) mass is 472 g/mol. The molecule has 0 bridgehead atoms. The Bertz CT molecular complexity index is 1170. The van der Waals surface area contributed by atoms with Crippen molar-refractivity contribution in [2.75, 3.05) is 10.6 Å². The van der Waals surface area contributed by atoms with E-state index in [1.165, 1.54) is 12.1 Å². The summed E-state index contributed by atoms with van der Waals surface area (Å²) in [6.07, 6.45) is 1.53. The minimum Gasteiger partial charge on any atom is -0.326 e.